The van der Waals surface area contributed by atoms with Crippen LogP contribution in [0.1, 0.15) is 5.69 Å². The van der Waals surface area contributed by atoms with Crippen molar-refractivity contribution in [1.82, 2.24) is 10.3 Å². The molecular weight excluding hydrogens is 259 g/mol. The van der Waals surface area contributed by atoms with Gasteiger partial charge in [-0.2, -0.15) is 0 Å². The highest BCUT2D eigenvalue weighted by Gasteiger charge is 2.01. The van der Waals surface area contributed by atoms with Crippen molar-refractivity contribution in [3.8, 4) is 11.6 Å². The van der Waals surface area contributed by atoms with Gasteiger partial charge >= 0.3 is 0 Å². The first-order valence-corrected chi connectivity index (χ1v) is 6.03. The molecule has 0 fully saturated rings. The molecule has 2 rings (SSSR count). The van der Waals surface area contributed by atoms with Gasteiger partial charge in [0, 0.05) is 13.1 Å². The van der Waals surface area contributed by atoms with E-state index in [-0.39, 0.29) is 5.82 Å². The summed E-state index contributed by atoms with van der Waals surface area (Å²) in [4.78, 5) is 8.10. The number of halogens is 1. The lowest BCUT2D eigenvalue weighted by atomic mass is 10.3. The summed E-state index contributed by atoms with van der Waals surface area (Å²) in [6, 6.07) is 11.1. The maximum absolute atomic E-state index is 12.8. The van der Waals surface area contributed by atoms with E-state index in [9.17, 15) is 4.39 Å². The molecular formula is C14H15FN4O. The smallest absolute Gasteiger partial charge is 0.219 e. The van der Waals surface area contributed by atoms with E-state index in [1.165, 1.54) is 12.1 Å². The molecule has 0 aliphatic carbocycles. The Morgan fingerprint density at radius 2 is 2.05 bits per heavy atom. The Kier molecular flexibility index (Phi) is 4.49. The summed E-state index contributed by atoms with van der Waals surface area (Å²) in [5.41, 5.74) is 6.30. The summed E-state index contributed by atoms with van der Waals surface area (Å²) in [5, 5.41) is 2.91. The number of rotatable bonds is 4. The van der Waals surface area contributed by atoms with Crippen molar-refractivity contribution in [1.29, 1.82) is 0 Å². The summed E-state index contributed by atoms with van der Waals surface area (Å²) in [5.74, 6) is 0.996. The fraction of sp³-hybridized carbons (Fsp3) is 0.143. The van der Waals surface area contributed by atoms with Crippen LogP contribution in [0, 0.1) is 5.82 Å². The van der Waals surface area contributed by atoms with Crippen LogP contribution in [0.5, 0.6) is 11.6 Å². The van der Waals surface area contributed by atoms with Gasteiger partial charge in [0.1, 0.15) is 11.6 Å². The molecule has 0 radical (unpaired) electrons. The van der Waals surface area contributed by atoms with Crippen molar-refractivity contribution >= 4 is 5.96 Å². The molecule has 1 aromatic heterocycles. The van der Waals surface area contributed by atoms with Crippen LogP contribution >= 0.6 is 0 Å². The Morgan fingerprint density at radius 3 is 2.75 bits per heavy atom. The Hall–Kier alpha value is -2.63. The number of aromatic nitrogens is 1. The highest BCUT2D eigenvalue weighted by molar-refractivity contribution is 5.77. The minimum absolute atomic E-state index is 0.308. The van der Waals surface area contributed by atoms with Gasteiger partial charge in [-0.15, -0.1) is 0 Å². The molecule has 0 spiro atoms. The van der Waals surface area contributed by atoms with Crippen molar-refractivity contribution in [2.75, 3.05) is 7.05 Å². The maximum Gasteiger partial charge on any atom is 0.219 e. The van der Waals surface area contributed by atoms with Gasteiger partial charge in [0.25, 0.3) is 0 Å². The van der Waals surface area contributed by atoms with Crippen LogP contribution in [0.2, 0.25) is 0 Å². The Morgan fingerprint density at radius 1 is 1.30 bits per heavy atom. The van der Waals surface area contributed by atoms with Crippen molar-refractivity contribution in [2.45, 2.75) is 6.54 Å². The van der Waals surface area contributed by atoms with Crippen molar-refractivity contribution < 1.29 is 9.13 Å². The molecule has 20 heavy (non-hydrogen) atoms. The van der Waals surface area contributed by atoms with Crippen LogP contribution in [0.4, 0.5) is 4.39 Å². The van der Waals surface area contributed by atoms with Crippen molar-refractivity contribution in [3.63, 3.8) is 0 Å². The highest BCUT2D eigenvalue weighted by Crippen LogP contribution is 2.19. The molecule has 0 aliphatic heterocycles. The second-order valence-electron chi connectivity index (χ2n) is 3.99. The summed E-state index contributed by atoms with van der Waals surface area (Å²) < 4.78 is 18.3. The number of ether oxygens (including phenoxy) is 1. The van der Waals surface area contributed by atoms with Crippen LogP contribution in [-0.4, -0.2) is 18.0 Å². The SMILES string of the molecule is CN=C(N)NCc1cccc(Oc2ccc(F)cc2)n1. The van der Waals surface area contributed by atoms with E-state index in [1.54, 1.807) is 25.2 Å². The summed E-state index contributed by atoms with van der Waals surface area (Å²) in [6.45, 7) is 0.448. The topological polar surface area (TPSA) is 72.5 Å². The molecule has 1 heterocycles. The van der Waals surface area contributed by atoms with Gasteiger partial charge in [-0.3, -0.25) is 4.99 Å². The zero-order valence-electron chi connectivity index (χ0n) is 11.0. The Labute approximate surface area is 116 Å². The minimum atomic E-state index is -0.308. The largest absolute Gasteiger partial charge is 0.439 e. The van der Waals surface area contributed by atoms with Gasteiger partial charge in [0.05, 0.1) is 12.2 Å². The summed E-state index contributed by atoms with van der Waals surface area (Å²) in [6.07, 6.45) is 0. The van der Waals surface area contributed by atoms with E-state index in [2.05, 4.69) is 15.3 Å². The molecule has 0 amide bonds. The van der Waals surface area contributed by atoms with Gasteiger partial charge in [-0.1, -0.05) is 6.07 Å². The molecule has 104 valence electrons. The summed E-state index contributed by atoms with van der Waals surface area (Å²) >= 11 is 0. The summed E-state index contributed by atoms with van der Waals surface area (Å²) in [7, 11) is 1.60. The number of hydrogen-bond acceptors (Lipinski definition) is 3. The lowest BCUT2D eigenvalue weighted by molar-refractivity contribution is 0.458. The number of guanidine groups is 1. The monoisotopic (exact) mass is 274 g/mol. The molecule has 6 heteroatoms. The quantitative estimate of drug-likeness (QED) is 0.661. The number of pyridine rings is 1. The minimum Gasteiger partial charge on any atom is -0.439 e. The van der Waals surface area contributed by atoms with Crippen LogP contribution in [0.25, 0.3) is 0 Å². The first-order chi connectivity index (χ1) is 9.67. The number of nitrogens with zero attached hydrogens (tertiary/aromatic N) is 2. The molecule has 0 unspecified atom stereocenters. The first-order valence-electron chi connectivity index (χ1n) is 6.03. The molecule has 1 aromatic carbocycles. The molecule has 5 nitrogen and oxygen atoms in total. The van der Waals surface area contributed by atoms with Crippen molar-refractivity contribution in [2.24, 2.45) is 10.7 Å². The van der Waals surface area contributed by atoms with E-state index in [0.29, 0.717) is 24.1 Å². The van der Waals surface area contributed by atoms with Crippen LogP contribution in [-0.2, 0) is 6.54 Å². The second kappa shape index (κ2) is 6.51. The van der Waals surface area contributed by atoms with E-state index in [1.807, 2.05) is 12.1 Å². The molecule has 0 saturated heterocycles. The Bertz CT molecular complexity index is 598. The third-order valence-corrected chi connectivity index (χ3v) is 2.51. The van der Waals surface area contributed by atoms with Crippen LogP contribution in [0.3, 0.4) is 0 Å². The zero-order valence-corrected chi connectivity index (χ0v) is 11.0. The highest BCUT2D eigenvalue weighted by atomic mass is 19.1. The standard InChI is InChI=1S/C14H15FN4O/c1-17-14(16)18-9-11-3-2-4-13(19-11)20-12-7-5-10(15)6-8-12/h2-8H,9H2,1H3,(H3,16,17,18). The number of hydrogen-bond donors (Lipinski definition) is 2. The molecule has 0 aliphatic rings. The third-order valence-electron chi connectivity index (χ3n) is 2.51. The molecule has 2 aromatic rings. The number of benzene rings is 1. The first kappa shape index (κ1) is 13.8. The molecule has 0 bridgehead atoms. The lowest BCUT2D eigenvalue weighted by Gasteiger charge is -2.07. The number of nitrogens with two attached hydrogens (primary N) is 1. The number of nitrogens with one attached hydrogen (secondary N) is 1. The van der Waals surface area contributed by atoms with Gasteiger partial charge in [0.15, 0.2) is 5.96 Å². The van der Waals surface area contributed by atoms with Gasteiger partial charge in [-0.25, -0.2) is 9.37 Å². The second-order valence-corrected chi connectivity index (χ2v) is 3.99. The van der Waals surface area contributed by atoms with Gasteiger partial charge in [0.2, 0.25) is 5.88 Å². The zero-order chi connectivity index (χ0) is 14.4. The fourth-order valence-electron chi connectivity index (χ4n) is 1.50. The average Bonchev–Trinajstić information content (AvgIpc) is 2.47. The molecule has 3 N–H and O–H groups in total. The predicted octanol–water partition coefficient (Wildman–Crippen LogP) is 2.05. The van der Waals surface area contributed by atoms with Crippen molar-refractivity contribution in [3.05, 3.63) is 54.0 Å². The normalized spacial score (nSPS) is 11.2. The van der Waals surface area contributed by atoms with E-state index in [0.717, 1.165) is 5.69 Å². The molecule has 0 atom stereocenters. The third kappa shape index (κ3) is 3.94. The average molecular weight is 274 g/mol. The van der Waals surface area contributed by atoms with Gasteiger partial charge < -0.3 is 15.8 Å². The van der Waals surface area contributed by atoms with Gasteiger partial charge in [-0.05, 0) is 30.3 Å². The number of aliphatic imine (C=N–C) groups is 1. The predicted molar refractivity (Wildman–Crippen MR) is 75.1 cm³/mol. The maximum atomic E-state index is 12.8. The van der Waals surface area contributed by atoms with Crippen LogP contribution in [0.15, 0.2) is 47.5 Å². The van der Waals surface area contributed by atoms with E-state index in [4.69, 9.17) is 10.5 Å². The lowest BCUT2D eigenvalue weighted by Crippen LogP contribution is -2.31. The van der Waals surface area contributed by atoms with Crippen LogP contribution < -0.4 is 15.8 Å². The fourth-order valence-corrected chi connectivity index (χ4v) is 1.50. The molecule has 0 saturated carbocycles. The van der Waals surface area contributed by atoms with E-state index < -0.39 is 0 Å². The Balaban J connectivity index is 2.04. The van der Waals surface area contributed by atoms with E-state index >= 15 is 0 Å².